The standard InChI is InChI=1S/C22H22O6/c1-13(2)12-27-18-7-5-14(9-19(18)25-3)10-20-21(23)16-11-15(22(24)26-4)6-8-17(16)28-20/h5-11,13H,12H2,1-4H3/b20-10-. The molecule has 2 aromatic carbocycles. The summed E-state index contributed by atoms with van der Waals surface area (Å²) in [6, 6.07) is 10.0. The summed E-state index contributed by atoms with van der Waals surface area (Å²) >= 11 is 0. The van der Waals surface area contributed by atoms with Crippen molar-refractivity contribution in [2.45, 2.75) is 13.8 Å². The van der Waals surface area contributed by atoms with Crippen LogP contribution in [0.4, 0.5) is 0 Å². The Labute approximate surface area is 163 Å². The van der Waals surface area contributed by atoms with Crippen LogP contribution in [0.15, 0.2) is 42.2 Å². The van der Waals surface area contributed by atoms with Crippen molar-refractivity contribution in [2.75, 3.05) is 20.8 Å². The van der Waals surface area contributed by atoms with Crippen molar-refractivity contribution < 1.29 is 28.5 Å². The van der Waals surface area contributed by atoms with Gasteiger partial charge in [0.2, 0.25) is 5.78 Å². The van der Waals surface area contributed by atoms with Crippen molar-refractivity contribution in [3.8, 4) is 17.2 Å². The first-order valence-corrected chi connectivity index (χ1v) is 8.90. The molecule has 0 atom stereocenters. The van der Waals surface area contributed by atoms with Crippen LogP contribution in [0.1, 0.15) is 40.1 Å². The molecule has 3 rings (SSSR count). The Morgan fingerprint density at radius 3 is 2.57 bits per heavy atom. The Balaban J connectivity index is 1.85. The average molecular weight is 382 g/mol. The lowest BCUT2D eigenvalue weighted by molar-refractivity contribution is 0.0600. The first kappa shape index (κ1) is 19.5. The molecule has 146 valence electrons. The lowest BCUT2D eigenvalue weighted by Crippen LogP contribution is -2.05. The molecule has 0 fully saturated rings. The highest BCUT2D eigenvalue weighted by atomic mass is 16.5. The van der Waals surface area contributed by atoms with Gasteiger partial charge in [-0.25, -0.2) is 4.79 Å². The van der Waals surface area contributed by atoms with Crippen molar-refractivity contribution in [2.24, 2.45) is 5.92 Å². The molecule has 6 nitrogen and oxygen atoms in total. The number of ether oxygens (including phenoxy) is 4. The smallest absolute Gasteiger partial charge is 0.337 e. The van der Waals surface area contributed by atoms with Gasteiger partial charge in [0.25, 0.3) is 0 Å². The van der Waals surface area contributed by atoms with Crippen LogP contribution >= 0.6 is 0 Å². The lowest BCUT2D eigenvalue weighted by atomic mass is 10.1. The zero-order chi connectivity index (χ0) is 20.3. The third-order valence-corrected chi connectivity index (χ3v) is 4.15. The molecular weight excluding hydrogens is 360 g/mol. The summed E-state index contributed by atoms with van der Waals surface area (Å²) < 4.78 is 21.5. The highest BCUT2D eigenvalue weighted by Gasteiger charge is 2.28. The predicted molar refractivity (Wildman–Crippen MR) is 104 cm³/mol. The molecule has 0 amide bonds. The monoisotopic (exact) mass is 382 g/mol. The van der Waals surface area contributed by atoms with Crippen LogP contribution in [0.3, 0.4) is 0 Å². The number of ketones is 1. The van der Waals surface area contributed by atoms with Gasteiger partial charge < -0.3 is 18.9 Å². The molecule has 0 N–H and O–H groups in total. The van der Waals surface area contributed by atoms with E-state index < -0.39 is 5.97 Å². The second-order valence-electron chi connectivity index (χ2n) is 6.76. The molecule has 0 bridgehead atoms. The van der Waals surface area contributed by atoms with Crippen LogP contribution in [0.5, 0.6) is 17.2 Å². The molecule has 0 radical (unpaired) electrons. The number of carbonyl (C=O) groups is 2. The lowest BCUT2D eigenvalue weighted by Gasteiger charge is -2.13. The molecule has 28 heavy (non-hydrogen) atoms. The Bertz CT molecular complexity index is 942. The van der Waals surface area contributed by atoms with Gasteiger partial charge in [0, 0.05) is 0 Å². The van der Waals surface area contributed by atoms with Crippen LogP contribution in [0.2, 0.25) is 0 Å². The van der Waals surface area contributed by atoms with E-state index in [-0.39, 0.29) is 11.5 Å². The fraction of sp³-hybridized carbons (Fsp3) is 0.273. The fourth-order valence-corrected chi connectivity index (χ4v) is 2.73. The highest BCUT2D eigenvalue weighted by Crippen LogP contribution is 2.34. The number of Topliss-reactive ketones (excluding diaryl/α,β-unsaturated/α-hetero) is 1. The largest absolute Gasteiger partial charge is 0.493 e. The summed E-state index contributed by atoms with van der Waals surface area (Å²) in [5, 5.41) is 0. The van der Waals surface area contributed by atoms with Crippen molar-refractivity contribution >= 4 is 17.8 Å². The van der Waals surface area contributed by atoms with Gasteiger partial charge in [-0.2, -0.15) is 0 Å². The van der Waals surface area contributed by atoms with E-state index >= 15 is 0 Å². The van der Waals surface area contributed by atoms with Crippen molar-refractivity contribution in [1.82, 2.24) is 0 Å². The van der Waals surface area contributed by atoms with Crippen LogP contribution in [0, 0.1) is 5.92 Å². The topological polar surface area (TPSA) is 71.1 Å². The van der Waals surface area contributed by atoms with Gasteiger partial charge >= 0.3 is 5.97 Å². The van der Waals surface area contributed by atoms with E-state index in [9.17, 15) is 9.59 Å². The number of benzene rings is 2. The molecule has 0 spiro atoms. The quantitative estimate of drug-likeness (QED) is 0.553. The van der Waals surface area contributed by atoms with E-state index in [1.165, 1.54) is 13.2 Å². The Morgan fingerprint density at radius 2 is 1.89 bits per heavy atom. The SMILES string of the molecule is COC(=O)c1ccc2c(c1)C(=O)/C(=C/c1ccc(OCC(C)C)c(OC)c1)O2. The molecule has 1 heterocycles. The van der Waals surface area contributed by atoms with Crippen molar-refractivity contribution in [3.63, 3.8) is 0 Å². The Morgan fingerprint density at radius 1 is 1.11 bits per heavy atom. The van der Waals surface area contributed by atoms with Gasteiger partial charge in [-0.05, 0) is 47.9 Å². The Kier molecular flexibility index (Phi) is 5.68. The number of methoxy groups -OCH3 is 2. The summed E-state index contributed by atoms with van der Waals surface area (Å²) in [6.45, 7) is 4.71. The van der Waals surface area contributed by atoms with Gasteiger partial charge in [0.05, 0.1) is 32.0 Å². The third kappa shape index (κ3) is 4.01. The number of fused-ring (bicyclic) bond motifs is 1. The molecule has 1 aliphatic rings. The van der Waals surface area contributed by atoms with Gasteiger partial charge in [0.1, 0.15) is 5.75 Å². The fourth-order valence-electron chi connectivity index (χ4n) is 2.73. The minimum Gasteiger partial charge on any atom is -0.493 e. The number of carbonyl (C=O) groups excluding carboxylic acids is 2. The molecule has 1 aliphatic heterocycles. The maximum Gasteiger partial charge on any atom is 0.337 e. The molecule has 2 aromatic rings. The Hall–Kier alpha value is -3.28. The highest BCUT2D eigenvalue weighted by molar-refractivity contribution is 6.15. The summed E-state index contributed by atoms with van der Waals surface area (Å²) in [4.78, 5) is 24.3. The normalized spacial score (nSPS) is 14.0. The van der Waals surface area contributed by atoms with Crippen molar-refractivity contribution in [1.29, 1.82) is 0 Å². The minimum absolute atomic E-state index is 0.176. The van der Waals surface area contributed by atoms with E-state index in [1.807, 2.05) is 6.07 Å². The molecule has 0 saturated carbocycles. The minimum atomic E-state index is -0.505. The van der Waals surface area contributed by atoms with Crippen LogP contribution in [-0.4, -0.2) is 32.6 Å². The number of rotatable bonds is 6. The second kappa shape index (κ2) is 8.17. The maximum atomic E-state index is 12.7. The molecule has 0 aliphatic carbocycles. The van der Waals surface area contributed by atoms with E-state index in [2.05, 4.69) is 13.8 Å². The molecule has 6 heteroatoms. The molecule has 0 saturated heterocycles. The van der Waals surface area contributed by atoms with Crippen LogP contribution in [0.25, 0.3) is 6.08 Å². The van der Waals surface area contributed by atoms with E-state index in [0.29, 0.717) is 40.9 Å². The van der Waals surface area contributed by atoms with Crippen LogP contribution < -0.4 is 14.2 Å². The van der Waals surface area contributed by atoms with Gasteiger partial charge in [-0.15, -0.1) is 0 Å². The number of allylic oxidation sites excluding steroid dienone is 1. The summed E-state index contributed by atoms with van der Waals surface area (Å²) in [5.41, 5.74) is 1.36. The molecule has 0 aromatic heterocycles. The number of hydrogen-bond acceptors (Lipinski definition) is 6. The second-order valence-corrected chi connectivity index (χ2v) is 6.76. The summed E-state index contributed by atoms with van der Waals surface area (Å²) in [6.07, 6.45) is 1.63. The maximum absolute atomic E-state index is 12.7. The first-order valence-electron chi connectivity index (χ1n) is 8.90. The van der Waals surface area contributed by atoms with Gasteiger partial charge in [-0.1, -0.05) is 19.9 Å². The van der Waals surface area contributed by atoms with Crippen LogP contribution in [-0.2, 0) is 4.74 Å². The number of hydrogen-bond donors (Lipinski definition) is 0. The number of esters is 1. The predicted octanol–water partition coefficient (Wildman–Crippen LogP) is 4.13. The third-order valence-electron chi connectivity index (χ3n) is 4.15. The zero-order valence-electron chi connectivity index (χ0n) is 16.3. The summed E-state index contributed by atoms with van der Waals surface area (Å²) in [7, 11) is 2.86. The molecule has 0 unspecified atom stereocenters. The van der Waals surface area contributed by atoms with E-state index in [4.69, 9.17) is 18.9 Å². The van der Waals surface area contributed by atoms with E-state index in [0.717, 1.165) is 5.56 Å². The first-order chi connectivity index (χ1) is 13.4. The van der Waals surface area contributed by atoms with E-state index in [1.54, 1.807) is 37.5 Å². The molecular formula is C22H22O6. The average Bonchev–Trinajstić information content (AvgIpc) is 3.01. The zero-order valence-corrected chi connectivity index (χ0v) is 16.3. The summed E-state index contributed by atoms with van der Waals surface area (Å²) in [5.74, 6) is 1.40. The van der Waals surface area contributed by atoms with Gasteiger partial charge in [0.15, 0.2) is 17.3 Å². The van der Waals surface area contributed by atoms with Crippen molar-refractivity contribution in [3.05, 3.63) is 58.8 Å². The van der Waals surface area contributed by atoms with Gasteiger partial charge in [-0.3, -0.25) is 4.79 Å².